The number of amides is 1. The molecule has 0 fully saturated rings. The Morgan fingerprint density at radius 3 is 2.62 bits per heavy atom. The number of hydrogen-bond acceptors (Lipinski definition) is 7. The van der Waals surface area contributed by atoms with Crippen molar-refractivity contribution in [1.82, 2.24) is 0 Å². The van der Waals surface area contributed by atoms with Gasteiger partial charge in [0.25, 0.3) is 11.6 Å². The highest BCUT2D eigenvalue weighted by atomic mass is 35.5. The van der Waals surface area contributed by atoms with Crippen LogP contribution in [0.15, 0.2) is 59.0 Å². The van der Waals surface area contributed by atoms with Crippen LogP contribution in [-0.2, 0) is 9.53 Å². The number of nitrogens with one attached hydrogen (secondary N) is 1. The Labute approximate surface area is 185 Å². The number of furan rings is 1. The molecule has 1 heterocycles. The van der Waals surface area contributed by atoms with Gasteiger partial charge in [0.1, 0.15) is 21.9 Å². The standard InChI is InChI=1S/C22H15ClN2O7/c1-30-20-9-14-13-4-2-3-5-18(13)32-19(14)10-16(20)24-21(26)11-31-22(27)12-6-7-15(23)17(8-12)25(28)29/h2-10H,11H2,1H3,(H,24,26). The normalized spacial score (nSPS) is 10.8. The Balaban J connectivity index is 1.49. The van der Waals surface area contributed by atoms with Gasteiger partial charge in [-0.1, -0.05) is 29.8 Å². The molecule has 0 unspecified atom stereocenters. The number of nitrogens with zero attached hydrogens (tertiary/aromatic N) is 1. The van der Waals surface area contributed by atoms with Crippen LogP contribution in [0.25, 0.3) is 21.9 Å². The fraction of sp³-hybridized carbons (Fsp3) is 0.0909. The molecule has 0 aliphatic carbocycles. The maximum absolute atomic E-state index is 12.4. The van der Waals surface area contributed by atoms with E-state index in [1.807, 2.05) is 24.3 Å². The van der Waals surface area contributed by atoms with Crippen molar-refractivity contribution >= 4 is 56.8 Å². The summed E-state index contributed by atoms with van der Waals surface area (Å²) in [6.07, 6.45) is 0. The molecule has 0 aliphatic rings. The van der Waals surface area contributed by atoms with Gasteiger partial charge < -0.3 is 19.2 Å². The molecule has 3 aromatic carbocycles. The van der Waals surface area contributed by atoms with Crippen molar-refractivity contribution in [3.05, 3.63) is 75.3 Å². The summed E-state index contributed by atoms with van der Waals surface area (Å²) in [5.41, 5.74) is 1.04. The highest BCUT2D eigenvalue weighted by molar-refractivity contribution is 6.32. The van der Waals surface area contributed by atoms with Crippen molar-refractivity contribution in [2.75, 3.05) is 19.0 Å². The minimum atomic E-state index is -0.903. The van der Waals surface area contributed by atoms with Crippen molar-refractivity contribution in [3.63, 3.8) is 0 Å². The Hall–Kier alpha value is -4.11. The van der Waals surface area contributed by atoms with Crippen molar-refractivity contribution < 1.29 is 28.4 Å². The van der Waals surface area contributed by atoms with Crippen LogP contribution < -0.4 is 10.1 Å². The summed E-state index contributed by atoms with van der Waals surface area (Å²) in [6.45, 7) is -0.615. The van der Waals surface area contributed by atoms with Gasteiger partial charge in [0.05, 0.1) is 23.3 Å². The number of benzene rings is 3. The average Bonchev–Trinajstić information content (AvgIpc) is 3.14. The zero-order chi connectivity index (χ0) is 22.8. The quantitative estimate of drug-likeness (QED) is 0.248. The van der Waals surface area contributed by atoms with E-state index in [1.165, 1.54) is 19.2 Å². The van der Waals surface area contributed by atoms with Gasteiger partial charge in [-0.25, -0.2) is 4.79 Å². The zero-order valence-corrected chi connectivity index (χ0v) is 17.3. The molecule has 9 nitrogen and oxygen atoms in total. The number of halogens is 1. The number of para-hydroxylation sites is 1. The second kappa shape index (κ2) is 8.56. The number of rotatable bonds is 6. The molecule has 0 radical (unpaired) electrons. The van der Waals surface area contributed by atoms with Gasteiger partial charge >= 0.3 is 5.97 Å². The fourth-order valence-electron chi connectivity index (χ4n) is 3.20. The molecule has 1 N–H and O–H groups in total. The summed E-state index contributed by atoms with van der Waals surface area (Å²) in [5, 5.41) is 15.2. The third kappa shape index (κ3) is 4.06. The summed E-state index contributed by atoms with van der Waals surface area (Å²) in [6, 6.07) is 14.3. The van der Waals surface area contributed by atoms with E-state index in [0.29, 0.717) is 22.6 Å². The summed E-state index contributed by atoms with van der Waals surface area (Å²) >= 11 is 5.73. The molecule has 0 bridgehead atoms. The molecule has 0 spiro atoms. The van der Waals surface area contributed by atoms with E-state index in [0.717, 1.165) is 16.8 Å². The molecule has 1 aromatic heterocycles. The molecular weight excluding hydrogens is 440 g/mol. The number of esters is 1. The lowest BCUT2D eigenvalue weighted by Gasteiger charge is -2.11. The van der Waals surface area contributed by atoms with Crippen molar-refractivity contribution in [2.24, 2.45) is 0 Å². The topological polar surface area (TPSA) is 121 Å². The lowest BCUT2D eigenvalue weighted by atomic mass is 10.1. The Morgan fingerprint density at radius 1 is 1.09 bits per heavy atom. The first-order chi connectivity index (χ1) is 15.4. The van der Waals surface area contributed by atoms with E-state index in [1.54, 1.807) is 12.1 Å². The minimum Gasteiger partial charge on any atom is -0.495 e. The number of carbonyl (C=O) groups is 2. The van der Waals surface area contributed by atoms with Crippen LogP contribution in [0, 0.1) is 10.1 Å². The summed E-state index contributed by atoms with van der Waals surface area (Å²) in [4.78, 5) is 34.8. The Bertz CT molecular complexity index is 1380. The molecule has 4 rings (SSSR count). The molecule has 162 valence electrons. The van der Waals surface area contributed by atoms with Crippen molar-refractivity contribution in [1.29, 1.82) is 0 Å². The van der Waals surface area contributed by atoms with Gasteiger partial charge in [-0.15, -0.1) is 0 Å². The first-order valence-corrected chi connectivity index (χ1v) is 9.65. The van der Waals surface area contributed by atoms with Crippen molar-refractivity contribution in [2.45, 2.75) is 0 Å². The van der Waals surface area contributed by atoms with Crippen LogP contribution in [0.3, 0.4) is 0 Å². The summed E-state index contributed by atoms with van der Waals surface area (Å²) in [7, 11) is 1.46. The van der Waals surface area contributed by atoms with E-state index in [9.17, 15) is 19.7 Å². The van der Waals surface area contributed by atoms with Gasteiger partial charge in [0.2, 0.25) is 0 Å². The van der Waals surface area contributed by atoms with Gasteiger partial charge in [0.15, 0.2) is 6.61 Å². The zero-order valence-electron chi connectivity index (χ0n) is 16.6. The predicted octanol–water partition coefficient (Wildman–Crippen LogP) is 4.95. The second-order valence-corrected chi connectivity index (χ2v) is 7.10. The maximum atomic E-state index is 12.4. The molecule has 32 heavy (non-hydrogen) atoms. The highest BCUT2D eigenvalue weighted by Gasteiger charge is 2.19. The average molecular weight is 455 g/mol. The van der Waals surface area contributed by atoms with Gasteiger partial charge in [-0.2, -0.15) is 0 Å². The molecule has 0 saturated carbocycles. The number of anilines is 1. The Morgan fingerprint density at radius 2 is 1.88 bits per heavy atom. The second-order valence-electron chi connectivity index (χ2n) is 6.69. The Kier molecular flexibility index (Phi) is 5.65. The molecule has 0 saturated heterocycles. The van der Waals surface area contributed by atoms with Crippen LogP contribution in [0.2, 0.25) is 5.02 Å². The number of hydrogen-bond donors (Lipinski definition) is 1. The van der Waals surface area contributed by atoms with E-state index < -0.39 is 29.1 Å². The third-order valence-corrected chi connectivity index (χ3v) is 5.01. The highest BCUT2D eigenvalue weighted by Crippen LogP contribution is 2.36. The largest absolute Gasteiger partial charge is 0.495 e. The molecule has 1 amide bonds. The third-order valence-electron chi connectivity index (χ3n) is 4.69. The number of nitro groups is 1. The summed E-state index contributed by atoms with van der Waals surface area (Å²) < 4.78 is 16.2. The predicted molar refractivity (Wildman–Crippen MR) is 117 cm³/mol. The number of methoxy groups -OCH3 is 1. The fourth-order valence-corrected chi connectivity index (χ4v) is 3.38. The molecule has 0 atom stereocenters. The summed E-state index contributed by atoms with van der Waals surface area (Å²) in [5.74, 6) is -1.13. The van der Waals surface area contributed by atoms with Crippen LogP contribution in [-0.4, -0.2) is 30.5 Å². The van der Waals surface area contributed by atoms with Crippen LogP contribution in [0.4, 0.5) is 11.4 Å². The van der Waals surface area contributed by atoms with E-state index in [4.69, 9.17) is 25.5 Å². The number of carbonyl (C=O) groups excluding carboxylic acids is 2. The smallest absolute Gasteiger partial charge is 0.338 e. The SMILES string of the molecule is COc1cc2c(cc1NC(=O)COC(=O)c1ccc(Cl)c([N+](=O)[O-])c1)oc1ccccc12. The number of fused-ring (bicyclic) bond motifs is 3. The van der Waals surface area contributed by atoms with Crippen LogP contribution in [0.5, 0.6) is 5.75 Å². The van der Waals surface area contributed by atoms with Crippen LogP contribution in [0.1, 0.15) is 10.4 Å². The molecular formula is C22H15ClN2O7. The van der Waals surface area contributed by atoms with Gasteiger partial charge in [0, 0.05) is 22.9 Å². The molecule has 0 aliphatic heterocycles. The number of nitro benzene ring substituents is 1. The first-order valence-electron chi connectivity index (χ1n) is 9.27. The van der Waals surface area contributed by atoms with Gasteiger partial charge in [-0.05, 0) is 24.3 Å². The van der Waals surface area contributed by atoms with E-state index in [-0.39, 0.29) is 10.6 Å². The van der Waals surface area contributed by atoms with Crippen molar-refractivity contribution in [3.8, 4) is 5.75 Å². The van der Waals surface area contributed by atoms with Gasteiger partial charge in [-0.3, -0.25) is 14.9 Å². The molecule has 10 heteroatoms. The monoisotopic (exact) mass is 454 g/mol. The van der Waals surface area contributed by atoms with E-state index >= 15 is 0 Å². The molecule has 4 aromatic rings. The van der Waals surface area contributed by atoms with Crippen LogP contribution >= 0.6 is 11.6 Å². The maximum Gasteiger partial charge on any atom is 0.338 e. The first kappa shape index (κ1) is 21.1. The number of ether oxygens (including phenoxy) is 2. The minimum absolute atomic E-state index is 0.102. The van der Waals surface area contributed by atoms with E-state index in [2.05, 4.69) is 5.32 Å². The lowest BCUT2D eigenvalue weighted by molar-refractivity contribution is -0.384. The lowest BCUT2D eigenvalue weighted by Crippen LogP contribution is -2.21.